The third-order valence-electron chi connectivity index (χ3n) is 2.81. The van der Waals surface area contributed by atoms with Gasteiger partial charge >= 0.3 is 10.2 Å². The molecule has 0 aliphatic carbocycles. The second kappa shape index (κ2) is 3.79. The fourth-order valence-corrected chi connectivity index (χ4v) is 3.04. The molecule has 0 unspecified atom stereocenters. The summed E-state index contributed by atoms with van der Waals surface area (Å²) in [6, 6.07) is 10.3. The highest BCUT2D eigenvalue weighted by atomic mass is 32.2. The summed E-state index contributed by atoms with van der Waals surface area (Å²) in [5.41, 5.74) is 0.0789. The van der Waals surface area contributed by atoms with Gasteiger partial charge in [0.25, 0.3) is 0 Å². The molecule has 0 bridgehead atoms. The lowest BCUT2D eigenvalue weighted by atomic mass is 10.1. The Morgan fingerprint density at radius 1 is 1.05 bits per heavy atom. The Morgan fingerprint density at radius 3 is 2.26 bits per heavy atom. The molecule has 0 aromatic heterocycles. The number of phenols is 1. The molecule has 0 saturated heterocycles. The molecule has 0 amide bonds. The van der Waals surface area contributed by atoms with Crippen LogP contribution >= 0.6 is 0 Å². The molecule has 0 atom stereocenters. The minimum absolute atomic E-state index is 0.0789. The molecule has 6 nitrogen and oxygen atoms in total. The van der Waals surface area contributed by atoms with Crippen LogP contribution in [0.25, 0.3) is 10.8 Å². The number of hydrogen-bond donors (Lipinski definition) is 3. The molecule has 19 heavy (non-hydrogen) atoms. The number of phenolic OH excluding ortho intramolecular Hbond substituents is 1. The first-order valence-electron chi connectivity index (χ1n) is 5.42. The number of hydrogen-bond acceptors (Lipinski definition) is 4. The van der Waals surface area contributed by atoms with Crippen LogP contribution in [0.2, 0.25) is 0 Å². The van der Waals surface area contributed by atoms with E-state index >= 15 is 0 Å². The summed E-state index contributed by atoms with van der Waals surface area (Å²) in [6.45, 7) is 0. The highest BCUT2D eigenvalue weighted by Crippen LogP contribution is 2.35. The van der Waals surface area contributed by atoms with Gasteiger partial charge in [-0.3, -0.25) is 0 Å². The Kier molecular flexibility index (Phi) is 2.33. The number of aromatic hydroxyl groups is 1. The van der Waals surface area contributed by atoms with E-state index in [0.29, 0.717) is 0 Å². The summed E-state index contributed by atoms with van der Waals surface area (Å²) < 4.78 is 26.2. The molecule has 0 spiro atoms. The lowest BCUT2D eigenvalue weighted by Gasteiger charge is -2.16. The maximum absolute atomic E-state index is 11.8. The lowest BCUT2D eigenvalue weighted by Crippen LogP contribution is -2.29. The second-order valence-electron chi connectivity index (χ2n) is 4.11. The predicted octanol–water partition coefficient (Wildman–Crippen LogP) is 1.56. The van der Waals surface area contributed by atoms with Crippen LogP contribution in [0.3, 0.4) is 0 Å². The molecule has 0 saturated carbocycles. The van der Waals surface area contributed by atoms with Crippen LogP contribution in [0, 0.1) is 0 Å². The molecule has 0 fully saturated rings. The zero-order valence-corrected chi connectivity index (χ0v) is 10.4. The van der Waals surface area contributed by atoms with Gasteiger partial charge in [0.1, 0.15) is 11.4 Å². The van der Waals surface area contributed by atoms with Gasteiger partial charge in [-0.2, -0.15) is 8.42 Å². The van der Waals surface area contributed by atoms with E-state index < -0.39 is 16.1 Å². The molecule has 2 aromatic rings. The third-order valence-corrected chi connectivity index (χ3v) is 4.10. The quantitative estimate of drug-likeness (QED) is 0.738. The Morgan fingerprint density at radius 2 is 1.68 bits per heavy atom. The van der Waals surface area contributed by atoms with E-state index in [1.807, 2.05) is 22.9 Å². The van der Waals surface area contributed by atoms with Crippen molar-refractivity contribution in [1.29, 1.82) is 0 Å². The van der Waals surface area contributed by atoms with Crippen molar-refractivity contribution in [3.8, 4) is 5.75 Å². The molecule has 7 heteroatoms. The van der Waals surface area contributed by atoms with Crippen LogP contribution in [0.5, 0.6) is 5.75 Å². The fraction of sp³-hybridized carbons (Fsp3) is 0. The van der Waals surface area contributed by atoms with Crippen LogP contribution in [-0.2, 0) is 10.2 Å². The van der Waals surface area contributed by atoms with Gasteiger partial charge < -0.3 is 10.2 Å². The summed E-state index contributed by atoms with van der Waals surface area (Å²) in [6.07, 6.45) is 0.999. The lowest BCUT2D eigenvalue weighted by molar-refractivity contribution is 0.392. The number of rotatable bonds is 1. The summed E-state index contributed by atoms with van der Waals surface area (Å²) in [7, 11) is -3.90. The van der Waals surface area contributed by atoms with Crippen molar-refractivity contribution >= 4 is 26.7 Å². The summed E-state index contributed by atoms with van der Waals surface area (Å²) >= 11 is 0. The highest BCUT2D eigenvalue weighted by Gasteiger charge is 2.30. The third kappa shape index (κ3) is 1.84. The fourth-order valence-electron chi connectivity index (χ4n) is 1.98. The molecule has 1 aliphatic rings. The van der Waals surface area contributed by atoms with Crippen LogP contribution in [0.1, 0.15) is 0 Å². The molecule has 2 aromatic carbocycles. The van der Waals surface area contributed by atoms with E-state index in [4.69, 9.17) is 0 Å². The van der Waals surface area contributed by atoms with Crippen LogP contribution in [-0.4, -0.2) is 18.6 Å². The average Bonchev–Trinajstić information content (AvgIpc) is 2.61. The molecule has 98 valence electrons. The molecular formula is C12H10N2O4S. The van der Waals surface area contributed by atoms with Crippen molar-refractivity contribution in [3.05, 3.63) is 48.5 Å². The van der Waals surface area contributed by atoms with E-state index in [-0.39, 0.29) is 11.4 Å². The zero-order chi connectivity index (χ0) is 13.6. The molecule has 1 aliphatic heterocycles. The molecule has 0 radical (unpaired) electrons. The van der Waals surface area contributed by atoms with Crippen molar-refractivity contribution in [2.24, 2.45) is 0 Å². The van der Waals surface area contributed by atoms with Crippen molar-refractivity contribution in [1.82, 2.24) is 4.72 Å². The predicted molar refractivity (Wildman–Crippen MR) is 70.9 cm³/mol. The highest BCUT2D eigenvalue weighted by molar-refractivity contribution is 7.91. The second-order valence-corrected chi connectivity index (χ2v) is 5.65. The van der Waals surface area contributed by atoms with Gasteiger partial charge in [0.05, 0.1) is 6.20 Å². The monoisotopic (exact) mass is 278 g/mol. The minimum Gasteiger partial charge on any atom is -0.506 e. The van der Waals surface area contributed by atoms with Crippen molar-refractivity contribution in [2.75, 3.05) is 4.31 Å². The number of nitrogens with one attached hydrogen (secondary N) is 1. The van der Waals surface area contributed by atoms with Gasteiger partial charge in [-0.15, -0.1) is 0 Å². The number of benzene rings is 2. The first kappa shape index (κ1) is 11.7. The Bertz CT molecular complexity index is 798. The van der Waals surface area contributed by atoms with E-state index in [1.54, 1.807) is 12.1 Å². The molecule has 3 rings (SSSR count). The van der Waals surface area contributed by atoms with E-state index in [2.05, 4.69) is 0 Å². The number of aliphatic hydroxyl groups excluding tert-OH is 1. The SMILES string of the molecule is O=S1(=O)NC(O)=CN1c1cc2ccccc2cc1O. The largest absolute Gasteiger partial charge is 0.506 e. The van der Waals surface area contributed by atoms with Gasteiger partial charge in [0.15, 0.2) is 0 Å². The van der Waals surface area contributed by atoms with Gasteiger partial charge in [0.2, 0.25) is 5.88 Å². The van der Waals surface area contributed by atoms with E-state index in [1.165, 1.54) is 6.07 Å². The van der Waals surface area contributed by atoms with Gasteiger partial charge in [-0.1, -0.05) is 24.3 Å². The topological polar surface area (TPSA) is 89.9 Å². The van der Waals surface area contributed by atoms with Crippen molar-refractivity contribution in [2.45, 2.75) is 0 Å². The van der Waals surface area contributed by atoms with Crippen LogP contribution < -0.4 is 9.03 Å². The van der Waals surface area contributed by atoms with Crippen LogP contribution in [0.4, 0.5) is 5.69 Å². The van der Waals surface area contributed by atoms with Gasteiger partial charge in [0, 0.05) is 0 Å². The Balaban J connectivity index is 2.23. The first-order valence-corrected chi connectivity index (χ1v) is 6.86. The summed E-state index contributed by atoms with van der Waals surface area (Å²) in [5.74, 6) is -0.678. The number of fused-ring (bicyclic) bond motifs is 1. The normalized spacial score (nSPS) is 17.3. The molecule has 1 heterocycles. The van der Waals surface area contributed by atoms with E-state index in [0.717, 1.165) is 21.3 Å². The number of nitrogens with zero attached hydrogens (tertiary/aromatic N) is 1. The number of anilines is 1. The molecule has 3 N–H and O–H groups in total. The maximum Gasteiger partial charge on any atom is 0.330 e. The molecular weight excluding hydrogens is 268 g/mol. The summed E-state index contributed by atoms with van der Waals surface area (Å²) in [4.78, 5) is 0. The van der Waals surface area contributed by atoms with Crippen LogP contribution in [0.15, 0.2) is 48.5 Å². The minimum atomic E-state index is -3.90. The van der Waals surface area contributed by atoms with Crippen molar-refractivity contribution in [3.63, 3.8) is 0 Å². The van der Waals surface area contributed by atoms with E-state index in [9.17, 15) is 18.6 Å². The van der Waals surface area contributed by atoms with Crippen molar-refractivity contribution < 1.29 is 18.6 Å². The van der Waals surface area contributed by atoms with Gasteiger partial charge in [-0.25, -0.2) is 9.03 Å². The van der Waals surface area contributed by atoms with Gasteiger partial charge in [-0.05, 0) is 22.9 Å². The zero-order valence-electron chi connectivity index (χ0n) is 9.61. The first-order chi connectivity index (χ1) is 8.97. The Labute approximate surface area is 109 Å². The summed E-state index contributed by atoms with van der Waals surface area (Å²) in [5, 5.41) is 20.8. The maximum atomic E-state index is 11.8. The standard InChI is InChI=1S/C12H10N2O4S/c15-11-6-9-4-2-1-3-8(9)5-10(11)14-7-12(16)13-19(14,17)18/h1-7,13,15-16H. The Hall–Kier alpha value is -2.41. The smallest absolute Gasteiger partial charge is 0.330 e. The average molecular weight is 278 g/mol. The number of aliphatic hydroxyl groups is 1.